The monoisotopic (exact) mass is 142 g/mol. The van der Waals surface area contributed by atoms with E-state index in [0.29, 0.717) is 12.2 Å². The fraction of sp³-hybridized carbons (Fsp3) is 1.00. The third kappa shape index (κ3) is 0.789. The lowest BCUT2D eigenvalue weighted by molar-refractivity contribution is 0.283. The summed E-state index contributed by atoms with van der Waals surface area (Å²) in [5.74, 6) is 0. The molecule has 0 aromatic rings. The van der Waals surface area contributed by atoms with Gasteiger partial charge in [-0.3, -0.25) is 0 Å². The summed E-state index contributed by atoms with van der Waals surface area (Å²) in [7, 11) is 0. The molecule has 0 N–H and O–H groups in total. The molecule has 2 heteroatoms. The van der Waals surface area contributed by atoms with Crippen molar-refractivity contribution in [2.24, 2.45) is 0 Å². The van der Waals surface area contributed by atoms with Crippen molar-refractivity contribution in [2.45, 2.75) is 51.1 Å². The molecule has 0 amide bonds. The Balaban J connectivity index is 1.96. The molecule has 0 aromatic carbocycles. The zero-order valence-corrected chi connectivity index (χ0v) is 6.97. The van der Waals surface area contributed by atoms with Crippen LogP contribution >= 0.6 is 0 Å². The average Bonchev–Trinajstić information content (AvgIpc) is 2.49. The Labute approximate surface area is 61.5 Å². The van der Waals surface area contributed by atoms with E-state index >= 15 is 0 Å². The molecule has 2 aliphatic rings. The van der Waals surface area contributed by atoms with Crippen LogP contribution in [0.5, 0.6) is 0 Å². The lowest BCUT2D eigenvalue weighted by atomic mass is 10.0. The SMILES string of the molecule is CC1(C)OC1C1OC1(C)C. The standard InChI is InChI=1S/C8H14O2/c1-7(2)5(9-7)6-8(3,4)10-6/h5-6H,1-4H3. The number of hydrogen-bond acceptors (Lipinski definition) is 2. The number of rotatable bonds is 1. The van der Waals surface area contributed by atoms with Crippen molar-refractivity contribution in [3.63, 3.8) is 0 Å². The highest BCUT2D eigenvalue weighted by molar-refractivity contribution is 5.12. The van der Waals surface area contributed by atoms with Crippen LogP contribution in [0.2, 0.25) is 0 Å². The Morgan fingerprint density at radius 2 is 1.00 bits per heavy atom. The highest BCUT2D eigenvalue weighted by Crippen LogP contribution is 2.51. The first-order chi connectivity index (χ1) is 4.43. The van der Waals surface area contributed by atoms with Gasteiger partial charge in [-0.15, -0.1) is 0 Å². The van der Waals surface area contributed by atoms with E-state index in [1.807, 2.05) is 0 Å². The van der Waals surface area contributed by atoms with Gasteiger partial charge in [0.2, 0.25) is 0 Å². The molecule has 2 atom stereocenters. The second kappa shape index (κ2) is 1.41. The first kappa shape index (κ1) is 6.62. The Kier molecular flexibility index (Phi) is 0.933. The van der Waals surface area contributed by atoms with Gasteiger partial charge in [-0.1, -0.05) is 0 Å². The van der Waals surface area contributed by atoms with Crippen molar-refractivity contribution in [3.05, 3.63) is 0 Å². The molecule has 10 heavy (non-hydrogen) atoms. The summed E-state index contributed by atoms with van der Waals surface area (Å²) in [4.78, 5) is 0. The first-order valence-electron chi connectivity index (χ1n) is 3.79. The van der Waals surface area contributed by atoms with Gasteiger partial charge in [-0.2, -0.15) is 0 Å². The molecule has 2 heterocycles. The summed E-state index contributed by atoms with van der Waals surface area (Å²) in [5.41, 5.74) is 0.164. The summed E-state index contributed by atoms with van der Waals surface area (Å²) in [6, 6.07) is 0. The Morgan fingerprint density at radius 3 is 1.10 bits per heavy atom. The van der Waals surface area contributed by atoms with Crippen LogP contribution in [-0.2, 0) is 9.47 Å². The molecule has 2 aliphatic heterocycles. The van der Waals surface area contributed by atoms with Crippen LogP contribution in [0.15, 0.2) is 0 Å². The quantitative estimate of drug-likeness (QED) is 0.516. The van der Waals surface area contributed by atoms with E-state index in [0.717, 1.165) is 0 Å². The molecule has 0 saturated carbocycles. The van der Waals surface area contributed by atoms with Crippen molar-refractivity contribution in [1.82, 2.24) is 0 Å². The topological polar surface area (TPSA) is 25.1 Å². The Bertz CT molecular complexity index is 152. The van der Waals surface area contributed by atoms with E-state index in [2.05, 4.69) is 27.7 Å². The third-order valence-corrected chi connectivity index (χ3v) is 2.39. The molecule has 58 valence electrons. The van der Waals surface area contributed by atoms with Crippen LogP contribution in [0.1, 0.15) is 27.7 Å². The summed E-state index contributed by atoms with van der Waals surface area (Å²) in [5, 5.41) is 0. The van der Waals surface area contributed by atoms with Crippen molar-refractivity contribution in [2.75, 3.05) is 0 Å². The maximum absolute atomic E-state index is 5.44. The summed E-state index contributed by atoms with van der Waals surface area (Å²) in [6.45, 7) is 8.43. The fourth-order valence-electron chi connectivity index (χ4n) is 1.44. The lowest BCUT2D eigenvalue weighted by Crippen LogP contribution is -2.14. The van der Waals surface area contributed by atoms with Crippen molar-refractivity contribution in [3.8, 4) is 0 Å². The van der Waals surface area contributed by atoms with E-state index in [9.17, 15) is 0 Å². The second-order valence-electron chi connectivity index (χ2n) is 4.28. The first-order valence-corrected chi connectivity index (χ1v) is 3.79. The zero-order valence-electron chi connectivity index (χ0n) is 6.97. The molecule has 0 aliphatic carbocycles. The largest absolute Gasteiger partial charge is 0.364 e. The van der Waals surface area contributed by atoms with Gasteiger partial charge in [0.05, 0.1) is 11.2 Å². The van der Waals surface area contributed by atoms with E-state index in [1.54, 1.807) is 0 Å². The maximum atomic E-state index is 5.44. The highest BCUT2D eigenvalue weighted by Gasteiger charge is 2.65. The predicted molar refractivity (Wildman–Crippen MR) is 37.9 cm³/mol. The fourth-order valence-corrected chi connectivity index (χ4v) is 1.44. The maximum Gasteiger partial charge on any atom is 0.116 e. The van der Waals surface area contributed by atoms with Crippen molar-refractivity contribution < 1.29 is 9.47 Å². The van der Waals surface area contributed by atoms with Crippen LogP contribution in [0.3, 0.4) is 0 Å². The average molecular weight is 142 g/mol. The van der Waals surface area contributed by atoms with Crippen molar-refractivity contribution >= 4 is 0 Å². The number of hydrogen-bond donors (Lipinski definition) is 0. The predicted octanol–water partition coefficient (Wildman–Crippen LogP) is 1.34. The smallest absolute Gasteiger partial charge is 0.116 e. The van der Waals surface area contributed by atoms with Crippen molar-refractivity contribution in [1.29, 1.82) is 0 Å². The molecular formula is C8H14O2. The minimum Gasteiger partial charge on any atom is -0.364 e. The molecule has 0 aromatic heterocycles. The van der Waals surface area contributed by atoms with E-state index in [4.69, 9.17) is 9.47 Å². The number of ether oxygens (including phenoxy) is 2. The van der Waals surface area contributed by atoms with Crippen LogP contribution < -0.4 is 0 Å². The lowest BCUT2D eigenvalue weighted by Gasteiger charge is -1.93. The van der Waals surface area contributed by atoms with Gasteiger partial charge in [0.1, 0.15) is 12.2 Å². The normalized spacial score (nSPS) is 46.8. The summed E-state index contributed by atoms with van der Waals surface area (Å²) in [6.07, 6.45) is 0.699. The minimum absolute atomic E-state index is 0.0818. The summed E-state index contributed by atoms with van der Waals surface area (Å²) >= 11 is 0. The second-order valence-corrected chi connectivity index (χ2v) is 4.28. The van der Waals surface area contributed by atoms with E-state index in [-0.39, 0.29) is 11.2 Å². The van der Waals surface area contributed by atoms with E-state index < -0.39 is 0 Å². The molecular weight excluding hydrogens is 128 g/mol. The molecule has 2 rings (SSSR count). The molecule has 2 unspecified atom stereocenters. The molecule has 2 saturated heterocycles. The van der Waals surface area contributed by atoms with Gasteiger partial charge in [0.15, 0.2) is 0 Å². The van der Waals surface area contributed by atoms with Gasteiger partial charge in [-0.05, 0) is 27.7 Å². The van der Waals surface area contributed by atoms with E-state index in [1.165, 1.54) is 0 Å². The van der Waals surface area contributed by atoms with Gasteiger partial charge < -0.3 is 9.47 Å². The van der Waals surface area contributed by atoms with Gasteiger partial charge in [-0.25, -0.2) is 0 Å². The zero-order chi connectivity index (χ0) is 7.57. The van der Waals surface area contributed by atoms with Crippen LogP contribution in [0.4, 0.5) is 0 Å². The third-order valence-electron chi connectivity index (χ3n) is 2.39. The Morgan fingerprint density at radius 1 is 0.800 bits per heavy atom. The Hall–Kier alpha value is -0.0800. The number of epoxide rings is 2. The van der Waals surface area contributed by atoms with Gasteiger partial charge in [0.25, 0.3) is 0 Å². The summed E-state index contributed by atoms with van der Waals surface area (Å²) < 4.78 is 10.9. The molecule has 0 radical (unpaired) electrons. The molecule has 0 bridgehead atoms. The molecule has 0 spiro atoms. The van der Waals surface area contributed by atoms with Crippen LogP contribution in [0, 0.1) is 0 Å². The minimum atomic E-state index is 0.0818. The highest BCUT2D eigenvalue weighted by atomic mass is 16.7. The van der Waals surface area contributed by atoms with Gasteiger partial charge >= 0.3 is 0 Å². The van der Waals surface area contributed by atoms with Crippen LogP contribution in [-0.4, -0.2) is 23.4 Å². The molecule has 2 nitrogen and oxygen atoms in total. The van der Waals surface area contributed by atoms with Gasteiger partial charge in [0, 0.05) is 0 Å². The molecule has 2 fully saturated rings. The van der Waals surface area contributed by atoms with Crippen LogP contribution in [0.25, 0.3) is 0 Å².